The summed E-state index contributed by atoms with van der Waals surface area (Å²) in [4.78, 5) is 22.5. The molecule has 3 rings (SSSR count). The van der Waals surface area contributed by atoms with E-state index < -0.39 is 6.09 Å². The highest BCUT2D eigenvalue weighted by molar-refractivity contribution is 6.99. The first-order chi connectivity index (χ1) is 14.6. The molecule has 3 aromatic rings. The molecule has 0 saturated heterocycles. The van der Waals surface area contributed by atoms with Crippen molar-refractivity contribution in [3.05, 3.63) is 71.2 Å². The summed E-state index contributed by atoms with van der Waals surface area (Å²) < 4.78 is 8.53. The van der Waals surface area contributed by atoms with Gasteiger partial charge in [0.1, 0.15) is 17.2 Å². The number of hydrogen-bond donors (Lipinski definition) is 1. The minimum absolute atomic E-state index is 0.0373. The number of aromatic nitrogens is 3. The summed E-state index contributed by atoms with van der Waals surface area (Å²) in [5, 5.41) is 13.7. The number of carbonyl (C=O) groups is 1. The van der Waals surface area contributed by atoms with E-state index >= 15 is 0 Å². The zero-order chi connectivity index (χ0) is 21.3. The maximum Gasteiger partial charge on any atom is 0.413 e. The minimum atomic E-state index is -1.13. The SMILES string of the molecule is CC#CCN(C(=O)O)c1cccc(CON=C(c2ccccc2)c2nsnc2C)n1. The van der Waals surface area contributed by atoms with Crippen LogP contribution in [0.4, 0.5) is 10.6 Å². The van der Waals surface area contributed by atoms with Crippen LogP contribution in [0.5, 0.6) is 0 Å². The van der Waals surface area contributed by atoms with Crippen LogP contribution in [0.1, 0.15) is 29.6 Å². The summed E-state index contributed by atoms with van der Waals surface area (Å²) in [6.07, 6.45) is -1.13. The molecule has 30 heavy (non-hydrogen) atoms. The maximum atomic E-state index is 11.5. The molecular formula is C21H19N5O3S. The van der Waals surface area contributed by atoms with E-state index in [9.17, 15) is 9.90 Å². The Morgan fingerprint density at radius 3 is 2.67 bits per heavy atom. The molecule has 152 valence electrons. The molecule has 0 unspecified atom stereocenters. The molecule has 0 aliphatic rings. The number of anilines is 1. The normalized spacial score (nSPS) is 10.8. The molecule has 0 radical (unpaired) electrons. The molecule has 0 aliphatic carbocycles. The van der Waals surface area contributed by atoms with E-state index in [1.165, 1.54) is 0 Å². The first kappa shape index (κ1) is 21.0. The lowest BCUT2D eigenvalue weighted by Crippen LogP contribution is -2.30. The lowest BCUT2D eigenvalue weighted by molar-refractivity contribution is 0.128. The third-order valence-electron chi connectivity index (χ3n) is 4.01. The van der Waals surface area contributed by atoms with Crippen LogP contribution in [0.15, 0.2) is 53.7 Å². The standard InChI is InChI=1S/C21H19N5O3S/c1-3-4-13-26(21(27)28)18-12-8-11-17(22-18)14-29-23-20(16-9-6-5-7-10-16)19-15(2)24-30-25-19/h5-12H,13-14H2,1-2H3,(H,27,28). The average molecular weight is 421 g/mol. The van der Waals surface area contributed by atoms with E-state index in [0.29, 0.717) is 17.1 Å². The summed E-state index contributed by atoms with van der Waals surface area (Å²) in [5.74, 6) is 5.69. The Hall–Kier alpha value is -3.77. The number of carboxylic acid groups (broad SMARTS) is 1. The van der Waals surface area contributed by atoms with Gasteiger partial charge in [0.25, 0.3) is 0 Å². The number of benzene rings is 1. The highest BCUT2D eigenvalue weighted by atomic mass is 32.1. The van der Waals surface area contributed by atoms with Crippen molar-refractivity contribution in [2.24, 2.45) is 5.16 Å². The Morgan fingerprint density at radius 2 is 2.00 bits per heavy atom. The van der Waals surface area contributed by atoms with Gasteiger partial charge in [-0.1, -0.05) is 47.5 Å². The molecule has 2 aromatic heterocycles. The number of rotatable bonds is 7. The zero-order valence-corrected chi connectivity index (χ0v) is 17.3. The summed E-state index contributed by atoms with van der Waals surface area (Å²) >= 11 is 1.11. The second kappa shape index (κ2) is 10.1. The van der Waals surface area contributed by atoms with Crippen molar-refractivity contribution in [3.63, 3.8) is 0 Å². The largest absolute Gasteiger partial charge is 0.465 e. The fourth-order valence-corrected chi connectivity index (χ4v) is 3.09. The number of oxime groups is 1. The van der Waals surface area contributed by atoms with Crippen LogP contribution in [-0.2, 0) is 11.4 Å². The molecule has 1 N–H and O–H groups in total. The first-order valence-corrected chi connectivity index (χ1v) is 9.74. The van der Waals surface area contributed by atoms with Crippen LogP contribution in [0.25, 0.3) is 0 Å². The molecule has 0 saturated carbocycles. The van der Waals surface area contributed by atoms with Gasteiger partial charge in [-0.3, -0.25) is 0 Å². The fourth-order valence-electron chi connectivity index (χ4n) is 2.54. The predicted octanol–water partition coefficient (Wildman–Crippen LogP) is 3.72. The Morgan fingerprint density at radius 1 is 1.20 bits per heavy atom. The number of hydrogen-bond acceptors (Lipinski definition) is 7. The third kappa shape index (κ3) is 5.18. The van der Waals surface area contributed by atoms with Gasteiger partial charge in [0.15, 0.2) is 6.61 Å². The number of nitrogens with zero attached hydrogens (tertiary/aromatic N) is 5. The second-order valence-corrected chi connectivity index (χ2v) is 6.59. The van der Waals surface area contributed by atoms with E-state index in [2.05, 4.69) is 30.7 Å². The Labute approximate surface area is 178 Å². The van der Waals surface area contributed by atoms with Gasteiger partial charge >= 0.3 is 6.09 Å². The van der Waals surface area contributed by atoms with Gasteiger partial charge in [-0.2, -0.15) is 8.75 Å². The molecule has 2 heterocycles. The van der Waals surface area contributed by atoms with Crippen molar-refractivity contribution in [2.45, 2.75) is 20.5 Å². The Kier molecular flexibility index (Phi) is 7.08. The van der Waals surface area contributed by atoms with E-state index in [1.54, 1.807) is 25.1 Å². The van der Waals surface area contributed by atoms with E-state index in [0.717, 1.165) is 27.9 Å². The average Bonchev–Trinajstić information content (AvgIpc) is 3.18. The van der Waals surface area contributed by atoms with Gasteiger partial charge in [-0.05, 0) is 26.0 Å². The van der Waals surface area contributed by atoms with Gasteiger partial charge in [-0.15, -0.1) is 5.92 Å². The molecule has 1 amide bonds. The van der Waals surface area contributed by atoms with E-state index in [4.69, 9.17) is 4.84 Å². The molecule has 0 bridgehead atoms. The molecule has 0 spiro atoms. The summed E-state index contributed by atoms with van der Waals surface area (Å²) in [7, 11) is 0. The van der Waals surface area contributed by atoms with Gasteiger partial charge in [0.05, 0.1) is 29.7 Å². The van der Waals surface area contributed by atoms with Gasteiger partial charge in [0.2, 0.25) is 0 Å². The highest BCUT2D eigenvalue weighted by Gasteiger charge is 2.16. The van der Waals surface area contributed by atoms with Gasteiger partial charge in [0, 0.05) is 5.56 Å². The van der Waals surface area contributed by atoms with Crippen molar-refractivity contribution >= 4 is 29.4 Å². The molecule has 0 fully saturated rings. The van der Waals surface area contributed by atoms with Crippen molar-refractivity contribution in [2.75, 3.05) is 11.4 Å². The molecule has 9 heteroatoms. The third-order valence-corrected chi connectivity index (χ3v) is 4.63. The summed E-state index contributed by atoms with van der Waals surface area (Å²) in [6.45, 7) is 3.62. The second-order valence-electron chi connectivity index (χ2n) is 6.06. The van der Waals surface area contributed by atoms with E-state index in [-0.39, 0.29) is 19.0 Å². The quantitative estimate of drug-likeness (QED) is 0.354. The fraction of sp³-hybridized carbons (Fsp3) is 0.190. The smallest absolute Gasteiger partial charge is 0.413 e. The van der Waals surface area contributed by atoms with Crippen LogP contribution in [0, 0.1) is 18.8 Å². The molecule has 1 aromatic carbocycles. The lowest BCUT2D eigenvalue weighted by Gasteiger charge is -2.15. The highest BCUT2D eigenvalue weighted by Crippen LogP contribution is 2.15. The molecule has 0 aliphatic heterocycles. The number of amides is 1. The van der Waals surface area contributed by atoms with Crippen molar-refractivity contribution in [1.82, 2.24) is 13.7 Å². The first-order valence-electron chi connectivity index (χ1n) is 9.01. The van der Waals surface area contributed by atoms with Crippen molar-refractivity contribution in [1.29, 1.82) is 0 Å². The van der Waals surface area contributed by atoms with Crippen LogP contribution >= 0.6 is 11.7 Å². The van der Waals surface area contributed by atoms with E-state index in [1.807, 2.05) is 37.3 Å². The minimum Gasteiger partial charge on any atom is -0.465 e. The summed E-state index contributed by atoms with van der Waals surface area (Å²) in [5.41, 5.74) is 3.38. The maximum absolute atomic E-state index is 11.5. The monoisotopic (exact) mass is 421 g/mol. The predicted molar refractivity (Wildman–Crippen MR) is 115 cm³/mol. The molecule has 8 nitrogen and oxygen atoms in total. The Balaban J connectivity index is 1.81. The zero-order valence-electron chi connectivity index (χ0n) is 16.4. The number of pyridine rings is 1. The topological polar surface area (TPSA) is 101 Å². The van der Waals surface area contributed by atoms with Crippen molar-refractivity contribution < 1.29 is 14.7 Å². The van der Waals surface area contributed by atoms with Crippen LogP contribution in [0.2, 0.25) is 0 Å². The van der Waals surface area contributed by atoms with Gasteiger partial charge < -0.3 is 9.94 Å². The van der Waals surface area contributed by atoms with Gasteiger partial charge in [-0.25, -0.2) is 14.7 Å². The van der Waals surface area contributed by atoms with Crippen LogP contribution in [-0.4, -0.2) is 37.2 Å². The van der Waals surface area contributed by atoms with Crippen molar-refractivity contribution in [3.8, 4) is 11.8 Å². The Bertz CT molecular complexity index is 1100. The molecule has 0 atom stereocenters. The van der Waals surface area contributed by atoms with Crippen LogP contribution in [0.3, 0.4) is 0 Å². The lowest BCUT2D eigenvalue weighted by atomic mass is 10.1. The molecular weight excluding hydrogens is 402 g/mol. The summed E-state index contributed by atoms with van der Waals surface area (Å²) in [6, 6.07) is 14.6. The number of aryl methyl sites for hydroxylation is 1. The van der Waals surface area contributed by atoms with Crippen LogP contribution < -0.4 is 4.90 Å².